The highest BCUT2D eigenvalue weighted by Gasteiger charge is 2.34. The van der Waals surface area contributed by atoms with Crippen molar-refractivity contribution < 1.29 is 9.59 Å². The van der Waals surface area contributed by atoms with Crippen LogP contribution in [0.2, 0.25) is 5.02 Å². The number of aryl methyl sites for hydroxylation is 1. The molecule has 28 heavy (non-hydrogen) atoms. The summed E-state index contributed by atoms with van der Waals surface area (Å²) in [6.07, 6.45) is 0.380. The van der Waals surface area contributed by atoms with E-state index in [0.29, 0.717) is 28.7 Å². The van der Waals surface area contributed by atoms with Crippen LogP contribution in [0.1, 0.15) is 33.3 Å². The number of halogens is 1. The van der Waals surface area contributed by atoms with Crippen molar-refractivity contribution in [2.45, 2.75) is 19.3 Å². The van der Waals surface area contributed by atoms with Crippen molar-refractivity contribution in [3.63, 3.8) is 0 Å². The van der Waals surface area contributed by atoms with Gasteiger partial charge in [-0.05, 0) is 37.3 Å². The number of nitrogens with one attached hydrogen (secondary N) is 1. The Hall–Kier alpha value is -2.77. The number of anilines is 2. The molecule has 1 saturated heterocycles. The molecular formula is C20H17ClN4O2S. The number of aromatic nitrogens is 2. The molecule has 0 saturated carbocycles. The monoisotopic (exact) mass is 412 g/mol. The summed E-state index contributed by atoms with van der Waals surface area (Å²) < 4.78 is 0. The minimum absolute atomic E-state index is 0.0388. The van der Waals surface area contributed by atoms with E-state index in [1.165, 1.54) is 11.3 Å². The highest BCUT2D eigenvalue weighted by atomic mass is 35.5. The SMILES string of the molecule is Cc1ccc(N2C[C@H](c3nnc(NC(=O)c4cccc(Cl)c4)s3)CC2=O)cc1. The zero-order valence-electron chi connectivity index (χ0n) is 15.1. The van der Waals surface area contributed by atoms with Gasteiger partial charge in [0.2, 0.25) is 11.0 Å². The molecular weight excluding hydrogens is 396 g/mol. The van der Waals surface area contributed by atoms with Gasteiger partial charge in [-0.1, -0.05) is 46.7 Å². The van der Waals surface area contributed by atoms with Crippen LogP contribution in [-0.4, -0.2) is 28.6 Å². The number of carbonyl (C=O) groups excluding carboxylic acids is 2. The Morgan fingerprint density at radius 1 is 1.21 bits per heavy atom. The third-order valence-electron chi connectivity index (χ3n) is 4.57. The van der Waals surface area contributed by atoms with Gasteiger partial charge in [0.25, 0.3) is 5.91 Å². The lowest BCUT2D eigenvalue weighted by atomic mass is 10.1. The summed E-state index contributed by atoms with van der Waals surface area (Å²) in [7, 11) is 0. The van der Waals surface area contributed by atoms with Crippen LogP contribution in [0.15, 0.2) is 48.5 Å². The van der Waals surface area contributed by atoms with Crippen LogP contribution in [-0.2, 0) is 4.79 Å². The van der Waals surface area contributed by atoms with Gasteiger partial charge in [0.1, 0.15) is 5.01 Å². The number of hydrogen-bond donors (Lipinski definition) is 1. The second-order valence-corrected chi connectivity index (χ2v) is 8.10. The van der Waals surface area contributed by atoms with Crippen LogP contribution in [0.25, 0.3) is 0 Å². The molecule has 2 heterocycles. The molecule has 1 aliphatic heterocycles. The van der Waals surface area contributed by atoms with Crippen molar-refractivity contribution in [3.8, 4) is 0 Å². The normalized spacial score (nSPS) is 16.4. The van der Waals surface area contributed by atoms with Crippen LogP contribution in [0.4, 0.5) is 10.8 Å². The number of benzene rings is 2. The molecule has 1 atom stereocenters. The molecule has 4 rings (SSSR count). The molecule has 1 fully saturated rings. The minimum Gasteiger partial charge on any atom is -0.312 e. The number of amides is 2. The van der Waals surface area contributed by atoms with E-state index in [0.717, 1.165) is 16.3 Å². The van der Waals surface area contributed by atoms with E-state index in [9.17, 15) is 9.59 Å². The fourth-order valence-corrected chi connectivity index (χ4v) is 4.12. The predicted molar refractivity (Wildman–Crippen MR) is 110 cm³/mol. The molecule has 1 N–H and O–H groups in total. The van der Waals surface area contributed by atoms with Gasteiger partial charge in [-0.2, -0.15) is 0 Å². The first-order valence-corrected chi connectivity index (χ1v) is 9.96. The van der Waals surface area contributed by atoms with Gasteiger partial charge in [-0.3, -0.25) is 14.9 Å². The first kappa shape index (κ1) is 18.6. The second-order valence-electron chi connectivity index (χ2n) is 6.65. The lowest BCUT2D eigenvalue weighted by molar-refractivity contribution is -0.117. The third kappa shape index (κ3) is 3.90. The standard InChI is InChI=1S/C20H17ClN4O2S/c1-12-5-7-16(8-6-12)25-11-14(10-17(25)26)19-23-24-20(28-19)22-18(27)13-3-2-4-15(21)9-13/h2-9,14H,10-11H2,1H3,(H,22,24,27)/t14-/m1/s1. The molecule has 2 aromatic carbocycles. The van der Waals surface area contributed by atoms with E-state index >= 15 is 0 Å². The first-order chi connectivity index (χ1) is 13.5. The van der Waals surface area contributed by atoms with Crippen molar-refractivity contribution in [2.24, 2.45) is 0 Å². The van der Waals surface area contributed by atoms with Crippen molar-refractivity contribution >= 4 is 45.6 Å². The summed E-state index contributed by atoms with van der Waals surface area (Å²) in [6.45, 7) is 2.57. The van der Waals surface area contributed by atoms with Crippen molar-refractivity contribution in [1.29, 1.82) is 0 Å². The topological polar surface area (TPSA) is 75.2 Å². The van der Waals surface area contributed by atoms with E-state index in [1.54, 1.807) is 29.2 Å². The predicted octanol–water partition coefficient (Wildman–Crippen LogP) is 4.27. The zero-order chi connectivity index (χ0) is 19.7. The Morgan fingerprint density at radius 2 is 2.00 bits per heavy atom. The van der Waals surface area contributed by atoms with E-state index in [-0.39, 0.29) is 17.7 Å². The van der Waals surface area contributed by atoms with Gasteiger partial charge >= 0.3 is 0 Å². The fourth-order valence-electron chi connectivity index (χ4n) is 3.10. The zero-order valence-corrected chi connectivity index (χ0v) is 16.6. The smallest absolute Gasteiger partial charge is 0.257 e. The highest BCUT2D eigenvalue weighted by Crippen LogP contribution is 2.34. The molecule has 8 heteroatoms. The molecule has 2 amide bonds. The number of rotatable bonds is 4. The first-order valence-electron chi connectivity index (χ1n) is 8.77. The second kappa shape index (κ2) is 7.69. The summed E-state index contributed by atoms with van der Waals surface area (Å²) in [6, 6.07) is 14.6. The van der Waals surface area contributed by atoms with Gasteiger partial charge in [-0.25, -0.2) is 0 Å². The summed E-state index contributed by atoms with van der Waals surface area (Å²) in [5, 5.41) is 12.6. The molecule has 142 valence electrons. The Bertz CT molecular complexity index is 1030. The van der Waals surface area contributed by atoms with Gasteiger partial charge < -0.3 is 4.90 Å². The lowest BCUT2D eigenvalue weighted by Gasteiger charge is -2.16. The maximum atomic E-state index is 12.4. The fraction of sp³-hybridized carbons (Fsp3) is 0.200. The van der Waals surface area contributed by atoms with Crippen LogP contribution in [0.3, 0.4) is 0 Å². The van der Waals surface area contributed by atoms with Crippen molar-refractivity contribution in [3.05, 3.63) is 69.7 Å². The number of carbonyl (C=O) groups is 2. The van der Waals surface area contributed by atoms with Gasteiger partial charge in [0.15, 0.2) is 0 Å². The van der Waals surface area contributed by atoms with Crippen LogP contribution in [0.5, 0.6) is 0 Å². The molecule has 0 radical (unpaired) electrons. The molecule has 1 aliphatic rings. The van der Waals surface area contributed by atoms with Crippen LogP contribution >= 0.6 is 22.9 Å². The average Bonchev–Trinajstić information content (AvgIpc) is 3.29. The van der Waals surface area contributed by atoms with E-state index < -0.39 is 0 Å². The van der Waals surface area contributed by atoms with E-state index in [4.69, 9.17) is 11.6 Å². The number of hydrogen-bond acceptors (Lipinski definition) is 5. The van der Waals surface area contributed by atoms with Gasteiger partial charge in [0.05, 0.1) is 0 Å². The summed E-state index contributed by atoms with van der Waals surface area (Å²) in [5.41, 5.74) is 2.49. The summed E-state index contributed by atoms with van der Waals surface area (Å²) in [5.74, 6) is -0.273. The van der Waals surface area contributed by atoms with Crippen molar-refractivity contribution in [1.82, 2.24) is 10.2 Å². The van der Waals surface area contributed by atoms with Gasteiger partial charge in [-0.15, -0.1) is 10.2 Å². The Balaban J connectivity index is 1.45. The lowest BCUT2D eigenvalue weighted by Crippen LogP contribution is -2.24. The maximum absolute atomic E-state index is 12.4. The van der Waals surface area contributed by atoms with Gasteiger partial charge in [0, 0.05) is 35.2 Å². The molecule has 0 aliphatic carbocycles. The quantitative estimate of drug-likeness (QED) is 0.694. The molecule has 1 aromatic heterocycles. The third-order valence-corrected chi connectivity index (χ3v) is 5.80. The van der Waals surface area contributed by atoms with Crippen LogP contribution in [0, 0.1) is 6.92 Å². The average molecular weight is 413 g/mol. The summed E-state index contributed by atoms with van der Waals surface area (Å²) in [4.78, 5) is 26.5. The van der Waals surface area contributed by atoms with E-state index in [1.807, 2.05) is 31.2 Å². The Labute approximate surface area is 171 Å². The minimum atomic E-state index is -0.297. The molecule has 0 spiro atoms. The maximum Gasteiger partial charge on any atom is 0.257 e. The van der Waals surface area contributed by atoms with E-state index in [2.05, 4.69) is 15.5 Å². The molecule has 3 aromatic rings. The summed E-state index contributed by atoms with van der Waals surface area (Å²) >= 11 is 7.22. The Kier molecular flexibility index (Phi) is 5.11. The highest BCUT2D eigenvalue weighted by molar-refractivity contribution is 7.15. The number of nitrogens with zero attached hydrogens (tertiary/aromatic N) is 3. The molecule has 0 unspecified atom stereocenters. The molecule has 0 bridgehead atoms. The largest absolute Gasteiger partial charge is 0.312 e. The van der Waals surface area contributed by atoms with Crippen LogP contribution < -0.4 is 10.2 Å². The Morgan fingerprint density at radius 3 is 2.75 bits per heavy atom. The van der Waals surface area contributed by atoms with Crippen molar-refractivity contribution in [2.75, 3.05) is 16.8 Å². The molecule has 6 nitrogen and oxygen atoms in total.